The van der Waals surface area contributed by atoms with Crippen molar-refractivity contribution in [1.82, 2.24) is 9.97 Å². The smallest absolute Gasteiger partial charge is 0.160 e. The van der Waals surface area contributed by atoms with Gasteiger partial charge in [-0.1, -0.05) is 194 Å². The van der Waals surface area contributed by atoms with E-state index in [1.54, 1.807) is 0 Å². The molecule has 12 aromatic rings. The summed E-state index contributed by atoms with van der Waals surface area (Å²) in [5.74, 6) is 0.665. The van der Waals surface area contributed by atoms with E-state index in [1.165, 1.54) is 49.7 Å². The van der Waals surface area contributed by atoms with Gasteiger partial charge in [-0.25, -0.2) is 9.97 Å². The summed E-state index contributed by atoms with van der Waals surface area (Å²) < 4.78 is 6.37. The number of rotatable bonds is 8. The van der Waals surface area contributed by atoms with Crippen molar-refractivity contribution in [2.45, 2.75) is 0 Å². The molecule has 0 aliphatic carbocycles. The Labute approximate surface area is 377 Å². The lowest BCUT2D eigenvalue weighted by Gasteiger charge is -2.20. The summed E-state index contributed by atoms with van der Waals surface area (Å²) in [6.07, 6.45) is 0. The van der Waals surface area contributed by atoms with Gasteiger partial charge in [-0.2, -0.15) is 0 Å². The quantitative estimate of drug-likeness (QED) is 0.153. The predicted octanol–water partition coefficient (Wildman–Crippen LogP) is 16.9. The lowest BCUT2D eigenvalue weighted by Crippen LogP contribution is -1.96. The Morgan fingerprint density at radius 1 is 0.277 bits per heavy atom. The third kappa shape index (κ3) is 7.16. The van der Waals surface area contributed by atoms with E-state index in [4.69, 9.17) is 14.4 Å². The molecule has 0 unspecified atom stereocenters. The summed E-state index contributed by atoms with van der Waals surface area (Å²) in [7, 11) is 0. The van der Waals surface area contributed by atoms with Gasteiger partial charge in [-0.05, 0) is 115 Å². The standard InChI is InChI=1S/C62H40N2O/c1-5-16-41(17-6-1)48-25-15-26-49(36-48)54-39-51(38-53(43-18-7-2-8-19-43)60(54)46-23-11-4-12-24-46)42-28-30-47(31-29-42)62-63-56(45-21-9-3-10-22-45)40-57(64-62)50-33-34-58-55(37-50)61-52-27-14-13-20-44(52)32-35-59(61)65-58/h1-40H. The molecule has 0 saturated carbocycles. The highest BCUT2D eigenvalue weighted by atomic mass is 16.3. The highest BCUT2D eigenvalue weighted by Gasteiger charge is 2.19. The van der Waals surface area contributed by atoms with Gasteiger partial charge in [0, 0.05) is 27.5 Å². The first-order chi connectivity index (χ1) is 32.2. The minimum absolute atomic E-state index is 0.665. The van der Waals surface area contributed by atoms with Gasteiger partial charge in [-0.3, -0.25) is 0 Å². The highest BCUT2D eigenvalue weighted by molar-refractivity contribution is 6.19. The molecule has 0 spiro atoms. The lowest BCUT2D eigenvalue weighted by molar-refractivity contribution is 0.669. The molecule has 0 bridgehead atoms. The zero-order chi connectivity index (χ0) is 43.1. The first kappa shape index (κ1) is 38.0. The predicted molar refractivity (Wildman–Crippen MR) is 270 cm³/mol. The van der Waals surface area contributed by atoms with Gasteiger partial charge in [-0.15, -0.1) is 0 Å². The summed E-state index contributed by atoms with van der Waals surface area (Å²) in [5.41, 5.74) is 18.1. The third-order valence-electron chi connectivity index (χ3n) is 12.5. The fourth-order valence-corrected chi connectivity index (χ4v) is 9.29. The van der Waals surface area contributed by atoms with Crippen LogP contribution in [0.15, 0.2) is 247 Å². The topological polar surface area (TPSA) is 38.9 Å². The van der Waals surface area contributed by atoms with Crippen LogP contribution < -0.4 is 0 Å². The average molecular weight is 829 g/mol. The molecule has 0 fully saturated rings. The molecule has 0 amide bonds. The van der Waals surface area contributed by atoms with Crippen LogP contribution in [0, 0.1) is 0 Å². The highest BCUT2D eigenvalue weighted by Crippen LogP contribution is 2.44. The average Bonchev–Trinajstić information content (AvgIpc) is 3.78. The second kappa shape index (κ2) is 16.2. The number of furan rings is 1. The van der Waals surface area contributed by atoms with E-state index in [0.717, 1.165) is 66.7 Å². The van der Waals surface area contributed by atoms with Gasteiger partial charge in [0.2, 0.25) is 0 Å². The van der Waals surface area contributed by atoms with Crippen LogP contribution in [0.25, 0.3) is 122 Å². The van der Waals surface area contributed by atoms with E-state index < -0.39 is 0 Å². The van der Waals surface area contributed by atoms with Crippen LogP contribution in [0.4, 0.5) is 0 Å². The fraction of sp³-hybridized carbons (Fsp3) is 0. The van der Waals surface area contributed by atoms with Gasteiger partial charge >= 0.3 is 0 Å². The molecular formula is C62H40N2O. The molecule has 0 saturated heterocycles. The molecule has 0 aliphatic rings. The maximum Gasteiger partial charge on any atom is 0.160 e. The Kier molecular flexibility index (Phi) is 9.50. The van der Waals surface area contributed by atoms with Gasteiger partial charge in [0.1, 0.15) is 11.2 Å². The summed E-state index contributed by atoms with van der Waals surface area (Å²) in [4.78, 5) is 10.5. The lowest BCUT2D eigenvalue weighted by atomic mass is 9.84. The fourth-order valence-electron chi connectivity index (χ4n) is 9.29. The van der Waals surface area contributed by atoms with Crippen LogP contribution >= 0.6 is 0 Å². The number of nitrogens with zero attached hydrogens (tertiary/aromatic N) is 2. The van der Waals surface area contributed by atoms with Gasteiger partial charge in [0.15, 0.2) is 5.82 Å². The molecule has 0 N–H and O–H groups in total. The van der Waals surface area contributed by atoms with E-state index in [-0.39, 0.29) is 0 Å². The molecule has 304 valence electrons. The van der Waals surface area contributed by atoms with Crippen molar-refractivity contribution in [3.63, 3.8) is 0 Å². The monoisotopic (exact) mass is 828 g/mol. The maximum absolute atomic E-state index is 6.37. The largest absolute Gasteiger partial charge is 0.456 e. The summed E-state index contributed by atoms with van der Waals surface area (Å²) in [5, 5.41) is 4.55. The van der Waals surface area contributed by atoms with Crippen LogP contribution in [0.5, 0.6) is 0 Å². The molecule has 2 aromatic heterocycles. The van der Waals surface area contributed by atoms with Crippen molar-refractivity contribution in [3.8, 4) is 89.5 Å². The van der Waals surface area contributed by atoms with E-state index in [9.17, 15) is 0 Å². The Balaban J connectivity index is 1.000. The van der Waals surface area contributed by atoms with Gasteiger partial charge in [0.05, 0.1) is 11.4 Å². The van der Waals surface area contributed by atoms with Crippen molar-refractivity contribution in [3.05, 3.63) is 243 Å². The Hall–Kier alpha value is -8.66. The molecule has 65 heavy (non-hydrogen) atoms. The molecule has 0 atom stereocenters. The van der Waals surface area contributed by atoms with Crippen molar-refractivity contribution >= 4 is 32.7 Å². The van der Waals surface area contributed by atoms with E-state index in [1.807, 2.05) is 6.07 Å². The SMILES string of the molecule is c1ccc(-c2cccc(-c3cc(-c4ccc(-c5nc(-c6ccccc6)cc(-c6ccc7oc8ccc9ccccc9c8c7c6)n5)cc4)cc(-c4ccccc4)c3-c3ccccc3)c2)cc1. The molecule has 10 aromatic carbocycles. The number of hydrogen-bond acceptors (Lipinski definition) is 3. The van der Waals surface area contributed by atoms with E-state index >= 15 is 0 Å². The molecule has 0 aliphatic heterocycles. The summed E-state index contributed by atoms with van der Waals surface area (Å²) in [6.45, 7) is 0. The molecular weight excluding hydrogens is 789 g/mol. The van der Waals surface area contributed by atoms with Crippen LogP contribution in [-0.2, 0) is 0 Å². The summed E-state index contributed by atoms with van der Waals surface area (Å²) in [6, 6.07) is 86.0. The molecule has 2 heterocycles. The van der Waals surface area contributed by atoms with Gasteiger partial charge in [0.25, 0.3) is 0 Å². The van der Waals surface area contributed by atoms with Crippen LogP contribution in [0.1, 0.15) is 0 Å². The Morgan fingerprint density at radius 3 is 1.52 bits per heavy atom. The number of aromatic nitrogens is 2. The zero-order valence-corrected chi connectivity index (χ0v) is 35.4. The minimum atomic E-state index is 0.665. The second-order valence-electron chi connectivity index (χ2n) is 16.5. The number of fused-ring (bicyclic) bond motifs is 5. The molecule has 3 heteroatoms. The molecule has 3 nitrogen and oxygen atoms in total. The van der Waals surface area contributed by atoms with Gasteiger partial charge < -0.3 is 4.42 Å². The number of benzene rings is 10. The van der Waals surface area contributed by atoms with Crippen molar-refractivity contribution in [1.29, 1.82) is 0 Å². The Bertz CT molecular complexity index is 3670. The second-order valence-corrected chi connectivity index (χ2v) is 16.5. The van der Waals surface area contributed by atoms with E-state index in [0.29, 0.717) is 5.82 Å². The van der Waals surface area contributed by atoms with Crippen LogP contribution in [0.2, 0.25) is 0 Å². The van der Waals surface area contributed by atoms with E-state index in [2.05, 4.69) is 237 Å². The third-order valence-corrected chi connectivity index (χ3v) is 12.5. The first-order valence-electron chi connectivity index (χ1n) is 22.0. The van der Waals surface area contributed by atoms with Crippen molar-refractivity contribution < 1.29 is 4.42 Å². The minimum Gasteiger partial charge on any atom is -0.456 e. The maximum atomic E-state index is 6.37. The van der Waals surface area contributed by atoms with Crippen LogP contribution in [-0.4, -0.2) is 9.97 Å². The normalized spacial score (nSPS) is 11.4. The van der Waals surface area contributed by atoms with Crippen LogP contribution in [0.3, 0.4) is 0 Å². The first-order valence-corrected chi connectivity index (χ1v) is 22.0. The van der Waals surface area contributed by atoms with Crippen molar-refractivity contribution in [2.24, 2.45) is 0 Å². The molecule has 0 radical (unpaired) electrons. The summed E-state index contributed by atoms with van der Waals surface area (Å²) >= 11 is 0. The van der Waals surface area contributed by atoms with Crippen molar-refractivity contribution in [2.75, 3.05) is 0 Å². The number of hydrogen-bond donors (Lipinski definition) is 0. The zero-order valence-electron chi connectivity index (χ0n) is 35.4. The Morgan fingerprint density at radius 2 is 0.800 bits per heavy atom. The molecule has 12 rings (SSSR count).